The van der Waals surface area contributed by atoms with Crippen LogP contribution in [0.2, 0.25) is 0 Å². The average molecular weight is 147 g/mol. The van der Waals surface area contributed by atoms with Crippen molar-refractivity contribution in [2.45, 2.75) is 25.7 Å². The molecule has 1 aromatic rings. The minimum Gasteiger partial charge on any atom is -0.435 e. The smallest absolute Gasteiger partial charge is 0.273 e. The quantitative estimate of drug-likeness (QED) is 0.520. The van der Waals surface area contributed by atoms with Crippen LogP contribution in [0.5, 0.6) is 0 Å². The summed E-state index contributed by atoms with van der Waals surface area (Å²) in [7, 11) is 0. The average Bonchev–Trinajstić information content (AvgIpc) is 2.46. The van der Waals surface area contributed by atoms with Crippen LogP contribution >= 0.6 is 0 Å². The Bertz CT molecular complexity index is 282. The zero-order valence-corrected chi connectivity index (χ0v) is 6.26. The third-order valence-electron chi connectivity index (χ3n) is 1.97. The first kappa shape index (κ1) is 6.48. The van der Waals surface area contributed by atoms with E-state index in [1.807, 2.05) is 0 Å². The Morgan fingerprint density at radius 2 is 2.18 bits per heavy atom. The summed E-state index contributed by atoms with van der Waals surface area (Å²) in [6.45, 7) is 0. The molecular weight excluding hydrogens is 138 g/mol. The highest BCUT2D eigenvalue weighted by atomic mass is 16.4. The second-order valence-electron chi connectivity index (χ2n) is 2.74. The minimum atomic E-state index is 0.442. The lowest BCUT2D eigenvalue weighted by Gasteiger charge is -2.05. The lowest BCUT2D eigenvalue weighted by atomic mass is 10.0. The first-order chi connectivity index (χ1) is 5.40. The zero-order valence-electron chi connectivity index (χ0n) is 6.26. The fraction of sp³-hybridized carbons (Fsp3) is 0.444. The Labute approximate surface area is 65.6 Å². The molecule has 0 aromatic carbocycles. The normalized spacial score (nSPS) is 15.5. The van der Waals surface area contributed by atoms with Gasteiger partial charge in [-0.15, -0.1) is 6.42 Å². The second-order valence-corrected chi connectivity index (χ2v) is 2.74. The maximum Gasteiger partial charge on any atom is 0.273 e. The lowest BCUT2D eigenvalue weighted by molar-refractivity contribution is 0.468. The van der Waals surface area contributed by atoms with Crippen LogP contribution in [-0.2, 0) is 12.8 Å². The first-order valence-electron chi connectivity index (χ1n) is 3.85. The lowest BCUT2D eigenvalue weighted by Crippen LogP contribution is -1.99. The second kappa shape index (κ2) is 2.43. The third kappa shape index (κ3) is 1.03. The molecule has 2 heteroatoms. The number of aryl methyl sites for hydroxylation is 2. The third-order valence-corrected chi connectivity index (χ3v) is 1.97. The topological polar surface area (TPSA) is 26.0 Å². The first-order valence-corrected chi connectivity index (χ1v) is 3.85. The standard InChI is InChI=1S/C9H9NO/c1-2-9-10-7-5-3-4-6-8(7)11-9/h1H,3-6H2. The number of hydrogen-bond donors (Lipinski definition) is 0. The van der Waals surface area contributed by atoms with Gasteiger partial charge in [-0.1, -0.05) is 0 Å². The predicted octanol–water partition coefficient (Wildman–Crippen LogP) is 1.53. The number of hydrogen-bond acceptors (Lipinski definition) is 2. The fourth-order valence-electron chi connectivity index (χ4n) is 1.41. The van der Waals surface area contributed by atoms with Crippen molar-refractivity contribution < 1.29 is 4.42 Å². The molecule has 0 unspecified atom stereocenters. The number of rotatable bonds is 0. The summed E-state index contributed by atoms with van der Waals surface area (Å²) < 4.78 is 5.31. The number of aromatic nitrogens is 1. The molecule has 0 N–H and O–H groups in total. The van der Waals surface area contributed by atoms with E-state index in [1.165, 1.54) is 12.8 Å². The Morgan fingerprint density at radius 3 is 2.91 bits per heavy atom. The van der Waals surface area contributed by atoms with Crippen molar-refractivity contribution in [3.8, 4) is 12.3 Å². The molecule has 0 saturated carbocycles. The summed E-state index contributed by atoms with van der Waals surface area (Å²) in [4.78, 5) is 4.17. The van der Waals surface area contributed by atoms with Gasteiger partial charge in [0.15, 0.2) is 0 Å². The van der Waals surface area contributed by atoms with Crippen LogP contribution in [-0.4, -0.2) is 4.98 Å². The zero-order chi connectivity index (χ0) is 7.68. The largest absolute Gasteiger partial charge is 0.435 e. The van der Waals surface area contributed by atoms with E-state index in [0.717, 1.165) is 24.3 Å². The van der Waals surface area contributed by atoms with Gasteiger partial charge in [-0.25, -0.2) is 4.98 Å². The molecule has 0 aliphatic heterocycles. The van der Waals surface area contributed by atoms with E-state index in [1.54, 1.807) is 0 Å². The van der Waals surface area contributed by atoms with E-state index in [0.29, 0.717) is 5.89 Å². The molecule has 0 saturated heterocycles. The van der Waals surface area contributed by atoms with Crippen LogP contribution in [0, 0.1) is 12.3 Å². The Hall–Kier alpha value is -1.23. The minimum absolute atomic E-state index is 0.442. The maximum absolute atomic E-state index is 5.31. The van der Waals surface area contributed by atoms with Crippen molar-refractivity contribution in [3.63, 3.8) is 0 Å². The molecule has 0 fully saturated rings. The molecule has 1 heterocycles. The fourth-order valence-corrected chi connectivity index (χ4v) is 1.41. The van der Waals surface area contributed by atoms with Gasteiger partial charge in [0.1, 0.15) is 5.76 Å². The van der Waals surface area contributed by atoms with Crippen molar-refractivity contribution in [2.24, 2.45) is 0 Å². The summed E-state index contributed by atoms with van der Waals surface area (Å²) in [5, 5.41) is 0. The Kier molecular flexibility index (Phi) is 1.43. The highest BCUT2D eigenvalue weighted by Crippen LogP contribution is 2.20. The van der Waals surface area contributed by atoms with Crippen molar-refractivity contribution in [1.29, 1.82) is 0 Å². The van der Waals surface area contributed by atoms with Gasteiger partial charge in [0.25, 0.3) is 5.89 Å². The van der Waals surface area contributed by atoms with Crippen LogP contribution in [0.3, 0.4) is 0 Å². The summed E-state index contributed by atoms with van der Waals surface area (Å²) in [5.41, 5.74) is 1.07. The molecule has 0 amide bonds. The molecular formula is C9H9NO. The highest BCUT2D eigenvalue weighted by Gasteiger charge is 2.15. The maximum atomic E-state index is 5.31. The van der Waals surface area contributed by atoms with Crippen molar-refractivity contribution in [2.75, 3.05) is 0 Å². The van der Waals surface area contributed by atoms with Gasteiger partial charge in [0, 0.05) is 6.42 Å². The molecule has 1 aromatic heterocycles. The highest BCUT2D eigenvalue weighted by molar-refractivity contribution is 5.20. The Balaban J connectivity index is 2.42. The van der Waals surface area contributed by atoms with E-state index in [4.69, 9.17) is 10.8 Å². The summed E-state index contributed by atoms with van der Waals surface area (Å²) in [5.74, 6) is 3.85. The van der Waals surface area contributed by atoms with E-state index in [-0.39, 0.29) is 0 Å². The van der Waals surface area contributed by atoms with Crippen LogP contribution in [0.1, 0.15) is 30.2 Å². The van der Waals surface area contributed by atoms with Gasteiger partial charge in [-0.05, 0) is 25.2 Å². The molecule has 1 aliphatic rings. The molecule has 2 rings (SSSR count). The molecule has 2 nitrogen and oxygen atoms in total. The van der Waals surface area contributed by atoms with Crippen molar-refractivity contribution in [3.05, 3.63) is 17.3 Å². The molecule has 11 heavy (non-hydrogen) atoms. The number of fused-ring (bicyclic) bond motifs is 1. The SMILES string of the molecule is C#Cc1nc2c(o1)CCCC2. The van der Waals surface area contributed by atoms with Crippen molar-refractivity contribution >= 4 is 0 Å². The van der Waals surface area contributed by atoms with Crippen LogP contribution in [0.15, 0.2) is 4.42 Å². The van der Waals surface area contributed by atoms with Gasteiger partial charge in [0.05, 0.1) is 5.69 Å². The Morgan fingerprint density at radius 1 is 1.36 bits per heavy atom. The molecule has 0 atom stereocenters. The molecule has 0 radical (unpaired) electrons. The summed E-state index contributed by atoms with van der Waals surface area (Å²) in [6, 6.07) is 0. The summed E-state index contributed by atoms with van der Waals surface area (Å²) >= 11 is 0. The van der Waals surface area contributed by atoms with Gasteiger partial charge in [0.2, 0.25) is 0 Å². The van der Waals surface area contributed by atoms with Gasteiger partial charge in [-0.3, -0.25) is 0 Å². The number of terminal acetylenes is 1. The van der Waals surface area contributed by atoms with Gasteiger partial charge >= 0.3 is 0 Å². The van der Waals surface area contributed by atoms with Crippen LogP contribution in [0.25, 0.3) is 0 Å². The molecule has 0 bridgehead atoms. The van der Waals surface area contributed by atoms with Crippen molar-refractivity contribution in [1.82, 2.24) is 4.98 Å². The van der Waals surface area contributed by atoms with Crippen LogP contribution in [0.4, 0.5) is 0 Å². The molecule has 0 spiro atoms. The van der Waals surface area contributed by atoms with E-state index in [9.17, 15) is 0 Å². The molecule has 56 valence electrons. The number of oxazole rings is 1. The van der Waals surface area contributed by atoms with Crippen LogP contribution < -0.4 is 0 Å². The van der Waals surface area contributed by atoms with E-state index >= 15 is 0 Å². The molecule has 1 aliphatic carbocycles. The summed E-state index contributed by atoms with van der Waals surface area (Å²) in [6.07, 6.45) is 9.60. The van der Waals surface area contributed by atoms with Gasteiger partial charge < -0.3 is 4.42 Å². The van der Waals surface area contributed by atoms with Gasteiger partial charge in [-0.2, -0.15) is 0 Å². The monoisotopic (exact) mass is 147 g/mol. The van der Waals surface area contributed by atoms with E-state index < -0.39 is 0 Å². The van der Waals surface area contributed by atoms with E-state index in [2.05, 4.69) is 10.9 Å². The predicted molar refractivity (Wildman–Crippen MR) is 41.1 cm³/mol. The number of nitrogens with zero attached hydrogens (tertiary/aromatic N) is 1.